The van der Waals surface area contributed by atoms with Crippen LogP contribution in [0, 0.1) is 0 Å². The third-order valence-electron chi connectivity index (χ3n) is 4.94. The van der Waals surface area contributed by atoms with Crippen LogP contribution in [0.15, 0.2) is 41.2 Å². The minimum Gasteiger partial charge on any atom is -0.472 e. The second-order valence-corrected chi connectivity index (χ2v) is 6.30. The number of hydrogen-bond acceptors (Lipinski definition) is 4. The van der Waals surface area contributed by atoms with Crippen LogP contribution in [0.25, 0.3) is 22.0 Å². The number of nitrogens with zero attached hydrogens (tertiary/aromatic N) is 2. The Balaban J connectivity index is 1.56. The average molecular weight is 308 g/mol. The molecule has 3 aromatic rings. The van der Waals surface area contributed by atoms with E-state index in [1.807, 2.05) is 29.2 Å². The molecule has 2 bridgehead atoms. The number of carbonyl (C=O) groups excluding carboxylic acids is 1. The summed E-state index contributed by atoms with van der Waals surface area (Å²) in [5.41, 5.74) is 3.41. The summed E-state index contributed by atoms with van der Waals surface area (Å²) in [6.07, 6.45) is 4.40. The topological polar surface area (TPSA) is 74.2 Å². The molecule has 1 aromatic carbocycles. The summed E-state index contributed by atoms with van der Waals surface area (Å²) >= 11 is 0. The lowest BCUT2D eigenvalue weighted by Crippen LogP contribution is -2.46. The molecule has 0 spiro atoms. The quantitative estimate of drug-likeness (QED) is 0.759. The zero-order chi connectivity index (χ0) is 15.4. The Bertz CT molecular complexity index is 883. The van der Waals surface area contributed by atoms with Crippen molar-refractivity contribution >= 4 is 16.8 Å². The molecule has 0 radical (unpaired) electrons. The SMILES string of the molecule is O=C(c1n[nH]c2ccc(-c3ccoc3)cc12)N1C[C@@H]2C[C@H]1CN2. The van der Waals surface area contributed by atoms with Gasteiger partial charge in [0, 0.05) is 36.1 Å². The molecule has 0 aliphatic carbocycles. The maximum atomic E-state index is 12.9. The largest absolute Gasteiger partial charge is 0.472 e. The molecule has 2 aliphatic rings. The van der Waals surface area contributed by atoms with Crippen molar-refractivity contribution in [2.75, 3.05) is 13.1 Å². The summed E-state index contributed by atoms with van der Waals surface area (Å²) in [6.45, 7) is 1.66. The van der Waals surface area contributed by atoms with E-state index in [0.717, 1.165) is 41.5 Å². The minimum atomic E-state index is 0.0228. The molecule has 5 rings (SSSR count). The monoisotopic (exact) mass is 308 g/mol. The van der Waals surface area contributed by atoms with Crippen molar-refractivity contribution in [2.45, 2.75) is 18.5 Å². The van der Waals surface area contributed by atoms with E-state index in [9.17, 15) is 4.79 Å². The summed E-state index contributed by atoms with van der Waals surface area (Å²) < 4.78 is 5.15. The Morgan fingerprint density at radius 1 is 1.30 bits per heavy atom. The molecule has 116 valence electrons. The van der Waals surface area contributed by atoms with E-state index in [2.05, 4.69) is 15.5 Å². The Kier molecular flexibility index (Phi) is 2.63. The lowest BCUT2D eigenvalue weighted by Gasteiger charge is -2.26. The molecule has 0 unspecified atom stereocenters. The molecule has 6 nitrogen and oxygen atoms in total. The van der Waals surface area contributed by atoms with Crippen LogP contribution in [0.1, 0.15) is 16.9 Å². The standard InChI is InChI=1S/C17H16N4O2/c22-17(21-8-12-6-13(21)7-18-12)16-14-5-10(11-3-4-23-9-11)1-2-15(14)19-20-16/h1-5,9,12-13,18H,6-8H2,(H,19,20)/t12-,13-/m0/s1. The van der Waals surface area contributed by atoms with Gasteiger partial charge in [-0.25, -0.2) is 0 Å². The van der Waals surface area contributed by atoms with Gasteiger partial charge in [0.05, 0.1) is 18.0 Å². The molecule has 2 saturated heterocycles. The first-order chi connectivity index (χ1) is 11.3. The summed E-state index contributed by atoms with van der Waals surface area (Å²) in [5.74, 6) is 0.0228. The van der Waals surface area contributed by atoms with Gasteiger partial charge >= 0.3 is 0 Å². The van der Waals surface area contributed by atoms with Gasteiger partial charge < -0.3 is 14.6 Å². The van der Waals surface area contributed by atoms with Crippen LogP contribution in [0.5, 0.6) is 0 Å². The summed E-state index contributed by atoms with van der Waals surface area (Å²) in [5, 5.41) is 11.5. The first-order valence-electron chi connectivity index (χ1n) is 7.84. The number of fused-ring (bicyclic) bond motifs is 3. The van der Waals surface area contributed by atoms with Gasteiger partial charge in [0.2, 0.25) is 0 Å². The Morgan fingerprint density at radius 3 is 3.00 bits per heavy atom. The van der Waals surface area contributed by atoms with Crippen LogP contribution < -0.4 is 5.32 Å². The zero-order valence-corrected chi connectivity index (χ0v) is 12.5. The average Bonchev–Trinajstić information content (AvgIpc) is 3.36. The van der Waals surface area contributed by atoms with Crippen LogP contribution in [0.3, 0.4) is 0 Å². The Hall–Kier alpha value is -2.60. The number of rotatable bonds is 2. The van der Waals surface area contributed by atoms with Gasteiger partial charge in [0.15, 0.2) is 5.69 Å². The predicted molar refractivity (Wildman–Crippen MR) is 85.0 cm³/mol. The first-order valence-corrected chi connectivity index (χ1v) is 7.84. The molecular formula is C17H16N4O2. The smallest absolute Gasteiger partial charge is 0.275 e. The lowest BCUT2D eigenvalue weighted by atomic mass is 10.1. The number of aromatic amines is 1. The molecule has 4 heterocycles. The van der Waals surface area contributed by atoms with Crippen LogP contribution in [0.2, 0.25) is 0 Å². The predicted octanol–water partition coefficient (Wildman–Crippen LogP) is 2.01. The normalized spacial score (nSPS) is 23.0. The van der Waals surface area contributed by atoms with Gasteiger partial charge in [-0.1, -0.05) is 6.07 Å². The summed E-state index contributed by atoms with van der Waals surface area (Å²) in [4.78, 5) is 14.9. The van der Waals surface area contributed by atoms with Crippen LogP contribution in [-0.2, 0) is 0 Å². The van der Waals surface area contributed by atoms with E-state index in [1.165, 1.54) is 0 Å². The number of nitrogens with one attached hydrogen (secondary N) is 2. The third-order valence-corrected chi connectivity index (χ3v) is 4.94. The van der Waals surface area contributed by atoms with Gasteiger partial charge in [-0.2, -0.15) is 5.10 Å². The van der Waals surface area contributed by atoms with Crippen molar-refractivity contribution in [1.29, 1.82) is 0 Å². The van der Waals surface area contributed by atoms with E-state index in [1.54, 1.807) is 12.5 Å². The van der Waals surface area contributed by atoms with Gasteiger partial charge in [-0.05, 0) is 30.2 Å². The molecular weight excluding hydrogens is 292 g/mol. The molecule has 1 amide bonds. The van der Waals surface area contributed by atoms with Crippen LogP contribution in [0.4, 0.5) is 0 Å². The second-order valence-electron chi connectivity index (χ2n) is 6.30. The number of hydrogen-bond donors (Lipinski definition) is 2. The number of H-pyrrole nitrogens is 1. The highest BCUT2D eigenvalue weighted by atomic mass is 16.3. The van der Waals surface area contributed by atoms with Gasteiger partial charge in [-0.15, -0.1) is 0 Å². The molecule has 2 aliphatic heterocycles. The Morgan fingerprint density at radius 2 is 2.26 bits per heavy atom. The van der Waals surface area contributed by atoms with Crippen molar-refractivity contribution in [3.63, 3.8) is 0 Å². The number of likely N-dealkylation sites (tertiary alicyclic amines) is 1. The number of carbonyl (C=O) groups is 1. The lowest BCUT2D eigenvalue weighted by molar-refractivity contribution is 0.0712. The molecule has 23 heavy (non-hydrogen) atoms. The highest BCUT2D eigenvalue weighted by Gasteiger charge is 2.41. The van der Waals surface area contributed by atoms with E-state index in [4.69, 9.17) is 4.42 Å². The van der Waals surface area contributed by atoms with E-state index < -0.39 is 0 Å². The fourth-order valence-corrected chi connectivity index (χ4v) is 3.73. The van der Waals surface area contributed by atoms with Crippen molar-refractivity contribution < 1.29 is 9.21 Å². The molecule has 6 heteroatoms. The fraction of sp³-hybridized carbons (Fsp3) is 0.294. The summed E-state index contributed by atoms with van der Waals surface area (Å²) in [7, 11) is 0. The maximum Gasteiger partial charge on any atom is 0.275 e. The second kappa shape index (κ2) is 4.70. The molecule has 2 atom stereocenters. The molecule has 0 saturated carbocycles. The minimum absolute atomic E-state index is 0.0228. The highest BCUT2D eigenvalue weighted by molar-refractivity contribution is 6.06. The number of benzene rings is 1. The van der Waals surface area contributed by atoms with Crippen molar-refractivity contribution in [1.82, 2.24) is 20.4 Å². The van der Waals surface area contributed by atoms with Gasteiger partial charge in [0.25, 0.3) is 5.91 Å². The van der Waals surface area contributed by atoms with Crippen molar-refractivity contribution in [2.24, 2.45) is 0 Å². The van der Waals surface area contributed by atoms with Crippen LogP contribution in [-0.4, -0.2) is 46.2 Å². The highest BCUT2D eigenvalue weighted by Crippen LogP contribution is 2.29. The first kappa shape index (κ1) is 12.9. The van der Waals surface area contributed by atoms with E-state index in [-0.39, 0.29) is 5.91 Å². The Labute approximate surface area is 132 Å². The van der Waals surface area contributed by atoms with Gasteiger partial charge in [0.1, 0.15) is 0 Å². The zero-order valence-electron chi connectivity index (χ0n) is 12.5. The van der Waals surface area contributed by atoms with Crippen molar-refractivity contribution in [3.05, 3.63) is 42.5 Å². The van der Waals surface area contributed by atoms with Crippen LogP contribution >= 0.6 is 0 Å². The van der Waals surface area contributed by atoms with Gasteiger partial charge in [-0.3, -0.25) is 9.89 Å². The number of aromatic nitrogens is 2. The summed E-state index contributed by atoms with van der Waals surface area (Å²) in [6, 6.07) is 8.62. The molecule has 2 aromatic heterocycles. The number of piperazine rings is 1. The van der Waals surface area contributed by atoms with E-state index >= 15 is 0 Å². The number of furan rings is 1. The molecule has 2 fully saturated rings. The van der Waals surface area contributed by atoms with E-state index in [0.29, 0.717) is 17.8 Å². The maximum absolute atomic E-state index is 12.9. The third kappa shape index (κ3) is 1.91. The molecule has 2 N–H and O–H groups in total. The van der Waals surface area contributed by atoms with Crippen molar-refractivity contribution in [3.8, 4) is 11.1 Å². The fourth-order valence-electron chi connectivity index (χ4n) is 3.73. The number of amides is 1.